The van der Waals surface area contributed by atoms with Crippen LogP contribution in [0.2, 0.25) is 0 Å². The number of nitrogens with zero attached hydrogens (tertiary/aromatic N) is 3. The van der Waals surface area contributed by atoms with Crippen LogP contribution in [0.25, 0.3) is 10.2 Å². The second-order valence-corrected chi connectivity index (χ2v) is 6.60. The van der Waals surface area contributed by atoms with E-state index in [1.165, 1.54) is 19.1 Å². The number of nitriles is 1. The molecule has 2 heterocycles. The summed E-state index contributed by atoms with van der Waals surface area (Å²) in [6.07, 6.45) is -1.29. The molecule has 0 atom stereocenters. The van der Waals surface area contributed by atoms with Gasteiger partial charge in [0, 0.05) is 0 Å². The molecule has 3 rings (SSSR count). The number of anilines is 2. The number of fused-ring (bicyclic) bond motifs is 1. The number of para-hydroxylation sites is 1. The number of allylic oxidation sites excluding steroid dienone is 1. The Bertz CT molecular complexity index is 1210. The molecular weight excluding hydrogens is 398 g/mol. The van der Waals surface area contributed by atoms with Crippen LogP contribution in [0.5, 0.6) is 0 Å². The van der Waals surface area contributed by atoms with Crippen LogP contribution in [0.4, 0.5) is 16.3 Å². The first kappa shape index (κ1) is 19.6. The van der Waals surface area contributed by atoms with E-state index in [4.69, 9.17) is 5.26 Å². The van der Waals surface area contributed by atoms with Gasteiger partial charge in [-0.15, -0.1) is 16.4 Å². The van der Waals surface area contributed by atoms with Crippen LogP contribution in [0.3, 0.4) is 0 Å². The van der Waals surface area contributed by atoms with Crippen LogP contribution in [0, 0.1) is 11.3 Å². The number of thiophene rings is 1. The number of aliphatic hydroxyl groups excluding tert-OH is 1. The average Bonchev–Trinajstić information content (AvgIpc) is 3.26. The van der Waals surface area contributed by atoms with Gasteiger partial charge >= 0.3 is 6.09 Å². The summed E-state index contributed by atoms with van der Waals surface area (Å²) in [6, 6.07) is 9.25. The maximum absolute atomic E-state index is 12.8. The molecule has 11 heteroatoms. The first-order valence-electron chi connectivity index (χ1n) is 8.04. The fraction of sp³-hybridized carbons (Fsp3) is 0.0556. The number of nitrogens with one attached hydrogen (secondary N) is 2. The maximum Gasteiger partial charge on any atom is 0.433 e. The predicted molar refractivity (Wildman–Crippen MR) is 105 cm³/mol. The van der Waals surface area contributed by atoms with Crippen molar-refractivity contribution in [3.63, 3.8) is 0 Å². The predicted octanol–water partition coefficient (Wildman–Crippen LogP) is 3.17. The lowest BCUT2D eigenvalue weighted by Gasteiger charge is -2.10. The third-order valence-electron chi connectivity index (χ3n) is 3.83. The number of hydrogen-bond donors (Lipinski definition) is 4. The maximum atomic E-state index is 12.8. The highest BCUT2D eigenvalue weighted by molar-refractivity contribution is 7.17. The zero-order valence-electron chi connectivity index (χ0n) is 14.8. The molecule has 29 heavy (non-hydrogen) atoms. The van der Waals surface area contributed by atoms with E-state index in [-0.39, 0.29) is 17.1 Å². The number of aliphatic hydroxyl groups is 1. The molecule has 1 aromatic carbocycles. The molecule has 2 aromatic heterocycles. The SMILES string of the molecule is C/C(O)=C(\C#N)C(=O)Nc1ccccc1C(=O)Nc1nn(C(=O)O)c2sccc12. The number of aromatic nitrogens is 2. The van der Waals surface area contributed by atoms with Gasteiger partial charge in [0.25, 0.3) is 11.8 Å². The lowest BCUT2D eigenvalue weighted by molar-refractivity contribution is -0.112. The van der Waals surface area contributed by atoms with Crippen LogP contribution in [-0.2, 0) is 4.79 Å². The zero-order valence-corrected chi connectivity index (χ0v) is 15.6. The fourth-order valence-electron chi connectivity index (χ4n) is 2.51. The molecule has 0 aliphatic rings. The summed E-state index contributed by atoms with van der Waals surface area (Å²) >= 11 is 1.16. The van der Waals surface area contributed by atoms with E-state index in [2.05, 4.69) is 15.7 Å². The molecule has 2 amide bonds. The van der Waals surface area contributed by atoms with E-state index in [1.807, 2.05) is 0 Å². The van der Waals surface area contributed by atoms with E-state index in [9.17, 15) is 24.6 Å². The van der Waals surface area contributed by atoms with E-state index in [0.717, 1.165) is 16.0 Å². The summed E-state index contributed by atoms with van der Waals surface area (Å²) < 4.78 is 0.761. The monoisotopic (exact) mass is 411 g/mol. The van der Waals surface area contributed by atoms with Gasteiger partial charge in [-0.3, -0.25) is 9.59 Å². The van der Waals surface area contributed by atoms with Gasteiger partial charge in [-0.05, 0) is 30.5 Å². The van der Waals surface area contributed by atoms with Crippen molar-refractivity contribution in [1.29, 1.82) is 5.26 Å². The summed E-state index contributed by atoms with van der Waals surface area (Å²) in [6.45, 7) is 1.20. The molecule has 0 spiro atoms. The van der Waals surface area contributed by atoms with Crippen LogP contribution in [0.15, 0.2) is 47.0 Å². The molecule has 0 bridgehead atoms. The van der Waals surface area contributed by atoms with Crippen molar-refractivity contribution >= 4 is 51.0 Å². The van der Waals surface area contributed by atoms with Gasteiger partial charge in [-0.1, -0.05) is 12.1 Å². The molecule has 4 N–H and O–H groups in total. The van der Waals surface area contributed by atoms with E-state index < -0.39 is 29.2 Å². The number of carbonyl (C=O) groups excluding carboxylic acids is 2. The molecule has 0 aliphatic carbocycles. The van der Waals surface area contributed by atoms with Gasteiger partial charge in [-0.25, -0.2) is 4.79 Å². The second kappa shape index (κ2) is 7.83. The van der Waals surface area contributed by atoms with Crippen molar-refractivity contribution in [2.45, 2.75) is 6.92 Å². The number of carboxylic acid groups (broad SMARTS) is 1. The van der Waals surface area contributed by atoms with E-state index in [1.54, 1.807) is 29.6 Å². The van der Waals surface area contributed by atoms with Crippen molar-refractivity contribution in [3.8, 4) is 6.07 Å². The number of amides is 2. The fourth-order valence-corrected chi connectivity index (χ4v) is 3.36. The van der Waals surface area contributed by atoms with Crippen LogP contribution >= 0.6 is 11.3 Å². The van der Waals surface area contributed by atoms with Gasteiger partial charge in [0.05, 0.1) is 16.6 Å². The average molecular weight is 411 g/mol. The van der Waals surface area contributed by atoms with Gasteiger partial charge in [-0.2, -0.15) is 9.94 Å². The van der Waals surface area contributed by atoms with Crippen molar-refractivity contribution in [2.24, 2.45) is 0 Å². The highest BCUT2D eigenvalue weighted by Crippen LogP contribution is 2.28. The number of hydrogen-bond acceptors (Lipinski definition) is 7. The molecule has 0 radical (unpaired) electrons. The summed E-state index contributed by atoms with van der Waals surface area (Å²) in [5.74, 6) is -1.92. The van der Waals surface area contributed by atoms with Crippen molar-refractivity contribution in [2.75, 3.05) is 10.6 Å². The molecule has 0 saturated heterocycles. The third-order valence-corrected chi connectivity index (χ3v) is 4.71. The molecule has 0 unspecified atom stereocenters. The molecule has 10 nitrogen and oxygen atoms in total. The lowest BCUT2D eigenvalue weighted by Crippen LogP contribution is -2.20. The number of benzene rings is 1. The minimum atomic E-state index is -1.29. The smallest absolute Gasteiger partial charge is 0.433 e. The largest absolute Gasteiger partial charge is 0.511 e. The number of carbonyl (C=O) groups is 3. The van der Waals surface area contributed by atoms with Crippen LogP contribution in [-0.4, -0.2) is 37.9 Å². The standard InChI is InChI=1S/C18H13N5O5S/c1-9(24)12(8-19)16(26)20-13-5-3-2-4-10(13)15(25)21-14-11-6-7-29-17(11)23(22-14)18(27)28/h2-7,24H,1H3,(H,20,26)(H,27,28)(H,21,22,25)/b12-9-. The third kappa shape index (κ3) is 3.78. The summed E-state index contributed by atoms with van der Waals surface area (Å²) in [5, 5.41) is 38.6. The Morgan fingerprint density at radius 1 is 1.17 bits per heavy atom. The first-order valence-corrected chi connectivity index (χ1v) is 8.92. The minimum absolute atomic E-state index is 0.0543. The Kier molecular flexibility index (Phi) is 5.29. The quantitative estimate of drug-likeness (QED) is 0.292. The Morgan fingerprint density at radius 3 is 2.55 bits per heavy atom. The van der Waals surface area contributed by atoms with Crippen LogP contribution < -0.4 is 10.6 Å². The van der Waals surface area contributed by atoms with Crippen LogP contribution in [0.1, 0.15) is 17.3 Å². The van der Waals surface area contributed by atoms with Gasteiger partial charge in [0.2, 0.25) is 0 Å². The Balaban J connectivity index is 1.91. The highest BCUT2D eigenvalue weighted by Gasteiger charge is 2.21. The topological polar surface area (TPSA) is 157 Å². The zero-order chi connectivity index (χ0) is 21.1. The van der Waals surface area contributed by atoms with Gasteiger partial charge < -0.3 is 20.8 Å². The normalized spacial score (nSPS) is 11.4. The molecule has 146 valence electrons. The Hall–Kier alpha value is -4.17. The van der Waals surface area contributed by atoms with E-state index >= 15 is 0 Å². The summed E-state index contributed by atoms with van der Waals surface area (Å²) in [7, 11) is 0. The molecule has 0 aliphatic heterocycles. The molecular formula is C18H13N5O5S. The van der Waals surface area contributed by atoms with Gasteiger partial charge in [0.15, 0.2) is 11.4 Å². The molecule has 0 saturated carbocycles. The number of rotatable bonds is 4. The minimum Gasteiger partial charge on any atom is -0.511 e. The lowest BCUT2D eigenvalue weighted by atomic mass is 10.1. The second-order valence-electron chi connectivity index (χ2n) is 5.71. The van der Waals surface area contributed by atoms with Crippen molar-refractivity contribution in [1.82, 2.24) is 9.78 Å². The van der Waals surface area contributed by atoms with Gasteiger partial charge in [0.1, 0.15) is 16.7 Å². The molecule has 0 fully saturated rings. The van der Waals surface area contributed by atoms with E-state index in [0.29, 0.717) is 10.2 Å². The van der Waals surface area contributed by atoms with Crippen molar-refractivity contribution in [3.05, 3.63) is 52.6 Å². The first-order chi connectivity index (χ1) is 13.8. The highest BCUT2D eigenvalue weighted by atomic mass is 32.1. The summed E-state index contributed by atoms with van der Waals surface area (Å²) in [5.41, 5.74) is -0.328. The Labute approximate surface area is 167 Å². The molecule has 3 aromatic rings. The summed E-state index contributed by atoms with van der Waals surface area (Å²) in [4.78, 5) is 36.6. The van der Waals surface area contributed by atoms with Crippen molar-refractivity contribution < 1.29 is 24.6 Å². The Morgan fingerprint density at radius 2 is 1.90 bits per heavy atom.